The molecule has 94 valence electrons. The van der Waals surface area contributed by atoms with E-state index >= 15 is 0 Å². The molecule has 2 aromatic rings. The van der Waals surface area contributed by atoms with Crippen LogP contribution in [0.15, 0.2) is 42.7 Å². The monoisotopic (exact) mass is 244 g/mol. The molecule has 0 spiro atoms. The molecule has 0 unspecified atom stereocenters. The highest BCUT2D eigenvalue weighted by molar-refractivity contribution is 5.90. The zero-order valence-electron chi connectivity index (χ0n) is 10.0. The lowest BCUT2D eigenvalue weighted by atomic mass is 10.2. The number of carbonyl (C=O) groups excluding carboxylic acids is 1. The summed E-state index contributed by atoms with van der Waals surface area (Å²) < 4.78 is 1.85. The molecule has 1 amide bonds. The summed E-state index contributed by atoms with van der Waals surface area (Å²) in [5.41, 5.74) is 7.24. The van der Waals surface area contributed by atoms with E-state index < -0.39 is 0 Å². The lowest BCUT2D eigenvalue weighted by molar-refractivity contribution is -0.116. The normalized spacial score (nSPS) is 10.3. The van der Waals surface area contributed by atoms with Crippen molar-refractivity contribution in [2.24, 2.45) is 5.73 Å². The molecule has 5 nitrogen and oxygen atoms in total. The highest BCUT2D eigenvalue weighted by atomic mass is 16.1. The van der Waals surface area contributed by atoms with E-state index in [4.69, 9.17) is 5.73 Å². The van der Waals surface area contributed by atoms with Gasteiger partial charge in [0.25, 0.3) is 0 Å². The first-order valence-electron chi connectivity index (χ1n) is 5.84. The van der Waals surface area contributed by atoms with Gasteiger partial charge in [-0.25, -0.2) is 0 Å². The minimum Gasteiger partial charge on any atom is -0.330 e. The fourth-order valence-electron chi connectivity index (χ4n) is 1.63. The minimum absolute atomic E-state index is 0.0580. The molecule has 0 bridgehead atoms. The lowest BCUT2D eigenvalue weighted by Gasteiger charge is -2.06. The van der Waals surface area contributed by atoms with Gasteiger partial charge in [-0.2, -0.15) is 5.10 Å². The van der Waals surface area contributed by atoms with Crippen molar-refractivity contribution in [2.45, 2.75) is 13.0 Å². The number of nitrogens with two attached hydrogens (primary N) is 1. The molecule has 18 heavy (non-hydrogen) atoms. The number of benzene rings is 1. The quantitative estimate of drug-likeness (QED) is 0.830. The van der Waals surface area contributed by atoms with Crippen LogP contribution in [0, 0.1) is 0 Å². The predicted molar refractivity (Wildman–Crippen MR) is 70.1 cm³/mol. The second kappa shape index (κ2) is 5.97. The Morgan fingerprint density at radius 2 is 2.11 bits per heavy atom. The van der Waals surface area contributed by atoms with Crippen LogP contribution in [0.4, 0.5) is 5.69 Å². The van der Waals surface area contributed by atoms with Crippen LogP contribution in [0.3, 0.4) is 0 Å². The van der Waals surface area contributed by atoms with Crippen LogP contribution in [-0.2, 0) is 11.3 Å². The molecular weight excluding hydrogens is 228 g/mol. The van der Waals surface area contributed by atoms with E-state index in [0.717, 1.165) is 17.8 Å². The Labute approximate surface area is 106 Å². The van der Waals surface area contributed by atoms with Crippen molar-refractivity contribution < 1.29 is 4.79 Å². The van der Waals surface area contributed by atoms with Crippen molar-refractivity contribution in [3.05, 3.63) is 48.3 Å². The smallest absolute Gasteiger partial charge is 0.225 e. The van der Waals surface area contributed by atoms with Gasteiger partial charge < -0.3 is 11.1 Å². The third-order valence-corrected chi connectivity index (χ3v) is 2.51. The molecule has 1 aromatic carbocycles. The second-order valence-electron chi connectivity index (χ2n) is 3.99. The van der Waals surface area contributed by atoms with E-state index in [2.05, 4.69) is 10.4 Å². The lowest BCUT2D eigenvalue weighted by Crippen LogP contribution is -2.16. The Morgan fingerprint density at radius 1 is 1.33 bits per heavy atom. The van der Waals surface area contributed by atoms with Gasteiger partial charge in [0.1, 0.15) is 0 Å². The molecule has 0 saturated carbocycles. The van der Waals surface area contributed by atoms with Crippen molar-refractivity contribution in [3.8, 4) is 0 Å². The predicted octanol–water partition coefficient (Wildman–Crippen LogP) is 1.22. The van der Waals surface area contributed by atoms with Gasteiger partial charge in [-0.05, 0) is 23.8 Å². The first kappa shape index (κ1) is 12.3. The molecule has 1 aromatic heterocycles. The van der Waals surface area contributed by atoms with Gasteiger partial charge in [-0.3, -0.25) is 9.48 Å². The van der Waals surface area contributed by atoms with E-state index in [1.165, 1.54) is 0 Å². The highest BCUT2D eigenvalue weighted by Gasteiger charge is 2.01. The van der Waals surface area contributed by atoms with E-state index in [0.29, 0.717) is 13.0 Å². The summed E-state index contributed by atoms with van der Waals surface area (Å²) in [6.07, 6.45) is 4.01. The first-order valence-corrected chi connectivity index (χ1v) is 5.84. The van der Waals surface area contributed by atoms with Crippen LogP contribution in [-0.4, -0.2) is 22.2 Å². The third kappa shape index (κ3) is 3.43. The first-order chi connectivity index (χ1) is 8.78. The molecule has 0 fully saturated rings. The summed E-state index contributed by atoms with van der Waals surface area (Å²) in [6.45, 7) is 1.09. The van der Waals surface area contributed by atoms with Gasteiger partial charge in [-0.15, -0.1) is 0 Å². The largest absolute Gasteiger partial charge is 0.330 e. The topological polar surface area (TPSA) is 72.9 Å². The standard InChI is InChI=1S/C13H16N4O/c14-7-6-13(18)16-12-4-2-11(3-5-12)10-17-9-1-8-15-17/h1-5,8-9H,6-7,10,14H2,(H,16,18). The minimum atomic E-state index is -0.0580. The number of nitrogens with zero attached hydrogens (tertiary/aromatic N) is 2. The third-order valence-electron chi connectivity index (χ3n) is 2.51. The van der Waals surface area contributed by atoms with Crippen molar-refractivity contribution in [1.29, 1.82) is 0 Å². The van der Waals surface area contributed by atoms with Crippen LogP contribution in [0.1, 0.15) is 12.0 Å². The Balaban J connectivity index is 1.95. The molecule has 0 aliphatic carbocycles. The molecule has 0 aliphatic heterocycles. The Morgan fingerprint density at radius 3 is 2.72 bits per heavy atom. The fraction of sp³-hybridized carbons (Fsp3) is 0.231. The SMILES string of the molecule is NCCC(=O)Nc1ccc(Cn2cccn2)cc1. The van der Waals surface area contributed by atoms with Crippen LogP contribution in [0.25, 0.3) is 0 Å². The van der Waals surface area contributed by atoms with Crippen molar-refractivity contribution in [1.82, 2.24) is 9.78 Å². The van der Waals surface area contributed by atoms with Gasteiger partial charge in [0.15, 0.2) is 0 Å². The van der Waals surface area contributed by atoms with E-state index in [1.54, 1.807) is 6.20 Å². The van der Waals surface area contributed by atoms with Crippen molar-refractivity contribution >= 4 is 11.6 Å². The number of aromatic nitrogens is 2. The fourth-order valence-corrected chi connectivity index (χ4v) is 1.63. The Hall–Kier alpha value is -2.14. The molecule has 0 radical (unpaired) electrons. The molecule has 2 rings (SSSR count). The average Bonchev–Trinajstić information content (AvgIpc) is 2.85. The maximum absolute atomic E-state index is 11.3. The number of hydrogen-bond acceptors (Lipinski definition) is 3. The Bertz CT molecular complexity index is 490. The van der Waals surface area contributed by atoms with Gasteiger partial charge in [0.05, 0.1) is 6.54 Å². The van der Waals surface area contributed by atoms with E-state index in [1.807, 2.05) is 41.2 Å². The number of rotatable bonds is 5. The zero-order chi connectivity index (χ0) is 12.8. The summed E-state index contributed by atoms with van der Waals surface area (Å²) in [5, 5.41) is 6.93. The van der Waals surface area contributed by atoms with Gasteiger partial charge in [-0.1, -0.05) is 12.1 Å². The summed E-state index contributed by atoms with van der Waals surface area (Å²) >= 11 is 0. The van der Waals surface area contributed by atoms with Gasteiger partial charge in [0, 0.05) is 31.0 Å². The number of nitrogens with one attached hydrogen (secondary N) is 1. The zero-order valence-corrected chi connectivity index (χ0v) is 10.0. The highest BCUT2D eigenvalue weighted by Crippen LogP contribution is 2.10. The summed E-state index contributed by atoms with van der Waals surface area (Å²) in [4.78, 5) is 11.3. The van der Waals surface area contributed by atoms with Crippen LogP contribution < -0.4 is 11.1 Å². The molecule has 0 atom stereocenters. The summed E-state index contributed by atoms with van der Waals surface area (Å²) in [5.74, 6) is -0.0580. The molecule has 5 heteroatoms. The van der Waals surface area contributed by atoms with Crippen LogP contribution >= 0.6 is 0 Å². The molecular formula is C13H16N4O. The summed E-state index contributed by atoms with van der Waals surface area (Å²) in [7, 11) is 0. The molecule has 1 heterocycles. The van der Waals surface area contributed by atoms with Gasteiger partial charge >= 0.3 is 0 Å². The number of amides is 1. The van der Waals surface area contributed by atoms with Crippen LogP contribution in [0.2, 0.25) is 0 Å². The maximum Gasteiger partial charge on any atom is 0.225 e. The number of hydrogen-bond donors (Lipinski definition) is 2. The molecule has 0 aliphatic rings. The summed E-state index contributed by atoms with van der Waals surface area (Å²) in [6, 6.07) is 9.60. The number of carbonyl (C=O) groups is 1. The van der Waals surface area contributed by atoms with Crippen LogP contribution in [0.5, 0.6) is 0 Å². The molecule has 3 N–H and O–H groups in total. The van der Waals surface area contributed by atoms with E-state index in [9.17, 15) is 4.79 Å². The van der Waals surface area contributed by atoms with Crippen molar-refractivity contribution in [2.75, 3.05) is 11.9 Å². The van der Waals surface area contributed by atoms with Crippen molar-refractivity contribution in [3.63, 3.8) is 0 Å². The Kier molecular flexibility index (Phi) is 4.09. The van der Waals surface area contributed by atoms with E-state index in [-0.39, 0.29) is 5.91 Å². The second-order valence-corrected chi connectivity index (χ2v) is 3.99. The average molecular weight is 244 g/mol. The maximum atomic E-state index is 11.3. The van der Waals surface area contributed by atoms with Gasteiger partial charge in [0.2, 0.25) is 5.91 Å². The molecule has 0 saturated heterocycles. The number of anilines is 1.